The number of benzene rings is 3. The van der Waals surface area contributed by atoms with Crippen molar-refractivity contribution in [2.75, 3.05) is 0 Å². The van der Waals surface area contributed by atoms with Gasteiger partial charge in [0.05, 0.1) is 21.5 Å². The van der Waals surface area contributed by atoms with E-state index in [2.05, 4.69) is 10.2 Å². The highest BCUT2D eigenvalue weighted by Gasteiger charge is 2.19. The SMILES string of the molecule is Cc1ccc(C)c(-n2c(=O)c3ccccc3n3c(SCc4cccc([N+](=O)[O-])c4)nnc23)c1. The average molecular weight is 458 g/mol. The molecule has 0 fully saturated rings. The maximum atomic E-state index is 13.5. The summed E-state index contributed by atoms with van der Waals surface area (Å²) in [6.07, 6.45) is 0. The zero-order valence-corrected chi connectivity index (χ0v) is 18.7. The van der Waals surface area contributed by atoms with Crippen molar-refractivity contribution < 1.29 is 4.92 Å². The topological polar surface area (TPSA) is 95.3 Å². The Morgan fingerprint density at radius 3 is 2.64 bits per heavy atom. The molecule has 0 aliphatic rings. The number of nitro benzene ring substituents is 1. The third kappa shape index (κ3) is 3.66. The first-order valence-corrected chi connectivity index (χ1v) is 11.3. The summed E-state index contributed by atoms with van der Waals surface area (Å²) in [5.74, 6) is 0.897. The van der Waals surface area contributed by atoms with Gasteiger partial charge in [0.2, 0.25) is 5.78 Å². The van der Waals surface area contributed by atoms with Crippen LogP contribution in [0.2, 0.25) is 0 Å². The molecule has 164 valence electrons. The number of nitrogens with zero attached hydrogens (tertiary/aromatic N) is 5. The minimum atomic E-state index is -0.406. The second-order valence-electron chi connectivity index (χ2n) is 7.78. The van der Waals surface area contributed by atoms with Crippen molar-refractivity contribution >= 4 is 34.1 Å². The van der Waals surface area contributed by atoms with Crippen LogP contribution in [0.5, 0.6) is 0 Å². The summed E-state index contributed by atoms with van der Waals surface area (Å²) < 4.78 is 3.48. The highest BCUT2D eigenvalue weighted by atomic mass is 32.2. The lowest BCUT2D eigenvalue weighted by molar-refractivity contribution is -0.384. The largest absolute Gasteiger partial charge is 0.269 e. The fraction of sp³-hybridized carbons (Fsp3) is 0.125. The molecule has 9 heteroatoms. The van der Waals surface area contributed by atoms with E-state index in [0.29, 0.717) is 27.6 Å². The number of aromatic nitrogens is 4. The van der Waals surface area contributed by atoms with Crippen molar-refractivity contribution in [3.05, 3.63) is 104 Å². The monoisotopic (exact) mass is 457 g/mol. The Balaban J connectivity index is 1.69. The highest BCUT2D eigenvalue weighted by Crippen LogP contribution is 2.27. The molecule has 33 heavy (non-hydrogen) atoms. The predicted octanol–water partition coefficient (Wildman–Crippen LogP) is 4.85. The Kier molecular flexibility index (Phi) is 5.18. The summed E-state index contributed by atoms with van der Waals surface area (Å²) in [7, 11) is 0. The number of non-ortho nitro benzene ring substituents is 1. The molecule has 0 saturated carbocycles. The van der Waals surface area contributed by atoms with Gasteiger partial charge in [-0.3, -0.25) is 19.3 Å². The number of fused-ring (bicyclic) bond motifs is 3. The molecule has 2 heterocycles. The average Bonchev–Trinajstić information content (AvgIpc) is 3.24. The summed E-state index contributed by atoms with van der Waals surface area (Å²) in [6, 6.07) is 19.9. The number of hydrogen-bond acceptors (Lipinski definition) is 6. The van der Waals surface area contributed by atoms with Gasteiger partial charge in [0.25, 0.3) is 11.2 Å². The Morgan fingerprint density at radius 1 is 1.00 bits per heavy atom. The van der Waals surface area contributed by atoms with E-state index in [1.165, 1.54) is 17.8 Å². The molecule has 5 aromatic rings. The quantitative estimate of drug-likeness (QED) is 0.213. The van der Waals surface area contributed by atoms with Crippen LogP contribution in [0.25, 0.3) is 22.4 Å². The minimum absolute atomic E-state index is 0.0495. The molecular formula is C24H19N5O3S. The van der Waals surface area contributed by atoms with Gasteiger partial charge < -0.3 is 0 Å². The van der Waals surface area contributed by atoms with Crippen molar-refractivity contribution in [2.45, 2.75) is 24.8 Å². The molecule has 3 aromatic carbocycles. The second kappa shape index (κ2) is 8.18. The fourth-order valence-corrected chi connectivity index (χ4v) is 4.74. The summed E-state index contributed by atoms with van der Waals surface area (Å²) in [5, 5.41) is 21.0. The molecule has 5 rings (SSSR count). The van der Waals surface area contributed by atoms with Gasteiger partial charge in [-0.2, -0.15) is 0 Å². The van der Waals surface area contributed by atoms with Gasteiger partial charge in [0.1, 0.15) is 0 Å². The Hall–Kier alpha value is -3.98. The van der Waals surface area contributed by atoms with E-state index in [-0.39, 0.29) is 11.2 Å². The zero-order valence-electron chi connectivity index (χ0n) is 17.9. The van der Waals surface area contributed by atoms with E-state index in [0.717, 1.165) is 22.4 Å². The predicted molar refractivity (Wildman–Crippen MR) is 128 cm³/mol. The van der Waals surface area contributed by atoms with Crippen LogP contribution in [0.4, 0.5) is 5.69 Å². The lowest BCUT2D eigenvalue weighted by atomic mass is 10.1. The zero-order chi connectivity index (χ0) is 23.1. The number of nitro groups is 1. The number of rotatable bonds is 5. The van der Waals surface area contributed by atoms with Gasteiger partial charge in [-0.25, -0.2) is 4.57 Å². The molecule has 0 amide bonds. The van der Waals surface area contributed by atoms with Gasteiger partial charge in [0, 0.05) is 17.9 Å². The smallest absolute Gasteiger partial charge is 0.268 e. The van der Waals surface area contributed by atoms with E-state index in [9.17, 15) is 14.9 Å². The van der Waals surface area contributed by atoms with Gasteiger partial charge in [-0.05, 0) is 48.7 Å². The normalized spacial score (nSPS) is 11.3. The third-order valence-corrected chi connectivity index (χ3v) is 6.49. The molecule has 0 radical (unpaired) electrons. The summed E-state index contributed by atoms with van der Waals surface area (Å²) in [4.78, 5) is 24.2. The standard InChI is InChI=1S/C24H19N5O3S/c1-15-10-11-16(2)21(12-15)27-22(30)19-8-3-4-9-20(19)28-23(27)25-26-24(28)33-14-17-6-5-7-18(13-17)29(31)32/h3-13H,14H2,1-2H3. The van der Waals surface area contributed by atoms with Crippen molar-refractivity contribution in [2.24, 2.45) is 0 Å². The molecular weight excluding hydrogens is 438 g/mol. The molecule has 0 atom stereocenters. The van der Waals surface area contributed by atoms with Crippen LogP contribution in [0.1, 0.15) is 16.7 Å². The van der Waals surface area contributed by atoms with Crippen LogP contribution < -0.4 is 5.56 Å². The van der Waals surface area contributed by atoms with Crippen LogP contribution >= 0.6 is 11.8 Å². The molecule has 0 unspecified atom stereocenters. The lowest BCUT2D eigenvalue weighted by Gasteiger charge is -2.14. The highest BCUT2D eigenvalue weighted by molar-refractivity contribution is 7.98. The molecule has 2 aromatic heterocycles. The van der Waals surface area contributed by atoms with Gasteiger partial charge in [-0.15, -0.1) is 10.2 Å². The Morgan fingerprint density at radius 2 is 1.82 bits per heavy atom. The van der Waals surface area contributed by atoms with Crippen molar-refractivity contribution in [1.82, 2.24) is 19.2 Å². The number of para-hydroxylation sites is 1. The van der Waals surface area contributed by atoms with Crippen molar-refractivity contribution in [1.29, 1.82) is 0 Å². The molecule has 0 bridgehead atoms. The van der Waals surface area contributed by atoms with E-state index < -0.39 is 4.92 Å². The molecule has 0 saturated heterocycles. The first-order chi connectivity index (χ1) is 15.9. The van der Waals surface area contributed by atoms with Gasteiger partial charge >= 0.3 is 0 Å². The Bertz CT molecular complexity index is 1610. The van der Waals surface area contributed by atoms with Crippen LogP contribution in [0, 0.1) is 24.0 Å². The van der Waals surface area contributed by atoms with Crippen LogP contribution in [0.3, 0.4) is 0 Å². The van der Waals surface area contributed by atoms with Crippen molar-refractivity contribution in [3.8, 4) is 5.69 Å². The van der Waals surface area contributed by atoms with E-state index in [1.807, 2.05) is 60.7 Å². The second-order valence-corrected chi connectivity index (χ2v) is 8.72. The molecule has 0 spiro atoms. The van der Waals surface area contributed by atoms with Crippen LogP contribution in [-0.2, 0) is 5.75 Å². The molecule has 0 aliphatic heterocycles. The summed E-state index contributed by atoms with van der Waals surface area (Å²) in [6.45, 7) is 3.94. The lowest BCUT2D eigenvalue weighted by Crippen LogP contribution is -2.22. The molecule has 0 N–H and O–H groups in total. The van der Waals surface area contributed by atoms with Crippen LogP contribution in [-0.4, -0.2) is 24.1 Å². The fourth-order valence-electron chi connectivity index (χ4n) is 3.86. The molecule has 0 aliphatic carbocycles. The maximum absolute atomic E-state index is 13.5. The summed E-state index contributed by atoms with van der Waals surface area (Å²) >= 11 is 1.41. The number of hydrogen-bond donors (Lipinski definition) is 0. The first kappa shape index (κ1) is 20.9. The maximum Gasteiger partial charge on any atom is 0.269 e. The van der Waals surface area contributed by atoms with E-state index in [1.54, 1.807) is 22.8 Å². The van der Waals surface area contributed by atoms with Crippen molar-refractivity contribution in [3.63, 3.8) is 0 Å². The van der Waals surface area contributed by atoms with E-state index in [4.69, 9.17) is 0 Å². The third-order valence-electron chi connectivity index (χ3n) is 5.49. The number of thioether (sulfide) groups is 1. The first-order valence-electron chi connectivity index (χ1n) is 10.3. The number of aryl methyl sites for hydroxylation is 2. The minimum Gasteiger partial charge on any atom is -0.268 e. The Labute approximate surface area is 192 Å². The summed E-state index contributed by atoms with van der Waals surface area (Å²) in [5.41, 5.74) is 4.16. The van der Waals surface area contributed by atoms with Gasteiger partial charge in [0.15, 0.2) is 5.16 Å². The van der Waals surface area contributed by atoms with Crippen LogP contribution in [0.15, 0.2) is 76.7 Å². The van der Waals surface area contributed by atoms with E-state index >= 15 is 0 Å². The van der Waals surface area contributed by atoms with Gasteiger partial charge in [-0.1, -0.05) is 48.2 Å². The molecule has 8 nitrogen and oxygen atoms in total.